The molecule has 0 fully saturated rings. The molecule has 1 atom stereocenters. The molecule has 0 bridgehead atoms. The van der Waals surface area contributed by atoms with Crippen LogP contribution in [0.2, 0.25) is 5.02 Å². The first-order valence-corrected chi connectivity index (χ1v) is 7.36. The number of carbonyl (C=O) groups excluding carboxylic acids is 1. The number of halogens is 1. The van der Waals surface area contributed by atoms with Crippen LogP contribution >= 0.6 is 11.6 Å². The van der Waals surface area contributed by atoms with Gasteiger partial charge in [0, 0.05) is 17.1 Å². The molecular formula is C15H19ClN4O2. The number of benzene rings is 1. The average Bonchev–Trinajstić information content (AvgIpc) is 2.94. The topological polar surface area (TPSA) is 79.2 Å². The van der Waals surface area contributed by atoms with Gasteiger partial charge in [-0.05, 0) is 31.5 Å². The molecule has 0 saturated carbocycles. The summed E-state index contributed by atoms with van der Waals surface area (Å²) in [7, 11) is 0. The van der Waals surface area contributed by atoms with E-state index in [4.69, 9.17) is 11.6 Å². The maximum Gasteiger partial charge on any atom is 0.320 e. The fourth-order valence-electron chi connectivity index (χ4n) is 2.06. The number of amides is 2. The summed E-state index contributed by atoms with van der Waals surface area (Å²) in [6.45, 7) is 3.74. The molecule has 2 aromatic rings. The van der Waals surface area contributed by atoms with Crippen molar-refractivity contribution in [2.75, 3.05) is 11.9 Å². The van der Waals surface area contributed by atoms with Crippen molar-refractivity contribution in [3.63, 3.8) is 0 Å². The number of hydrogen-bond acceptors (Lipinski definition) is 3. The van der Waals surface area contributed by atoms with E-state index in [0.29, 0.717) is 10.8 Å². The zero-order valence-electron chi connectivity index (χ0n) is 12.5. The summed E-state index contributed by atoms with van der Waals surface area (Å²) < 4.78 is 1.70. The monoisotopic (exact) mass is 322 g/mol. The average molecular weight is 323 g/mol. The molecule has 1 heterocycles. The van der Waals surface area contributed by atoms with Crippen molar-refractivity contribution in [2.24, 2.45) is 0 Å². The zero-order valence-corrected chi connectivity index (χ0v) is 13.2. The number of rotatable bonds is 5. The molecule has 22 heavy (non-hydrogen) atoms. The van der Waals surface area contributed by atoms with Crippen molar-refractivity contribution in [1.82, 2.24) is 15.1 Å². The van der Waals surface area contributed by atoms with Gasteiger partial charge < -0.3 is 10.4 Å². The van der Waals surface area contributed by atoms with Gasteiger partial charge in [-0.15, -0.1) is 0 Å². The summed E-state index contributed by atoms with van der Waals surface area (Å²) >= 11 is 5.84. The van der Waals surface area contributed by atoms with E-state index in [1.165, 1.54) is 0 Å². The van der Waals surface area contributed by atoms with E-state index in [2.05, 4.69) is 15.7 Å². The number of nitrogens with one attached hydrogen (secondary N) is 2. The Morgan fingerprint density at radius 3 is 2.59 bits per heavy atom. The lowest BCUT2D eigenvalue weighted by Crippen LogP contribution is -2.35. The number of urea groups is 1. The Bertz CT molecular complexity index is 625. The standard InChI is InChI=1S/C15H19ClN4O2/c1-10(2)20-14(7-8-17-20)19-15(22)18-13(9-21)11-3-5-12(16)6-4-11/h3-8,10,13,21H,9H2,1-2H3,(H2,18,19,22). The summed E-state index contributed by atoms with van der Waals surface area (Å²) in [6.07, 6.45) is 1.62. The van der Waals surface area contributed by atoms with Crippen LogP contribution in [0.4, 0.5) is 10.6 Å². The molecule has 0 aliphatic carbocycles. The highest BCUT2D eigenvalue weighted by Crippen LogP contribution is 2.17. The fraction of sp³-hybridized carbons (Fsp3) is 0.333. The molecule has 2 amide bonds. The highest BCUT2D eigenvalue weighted by atomic mass is 35.5. The molecule has 0 radical (unpaired) electrons. The van der Waals surface area contributed by atoms with Gasteiger partial charge in [-0.1, -0.05) is 23.7 Å². The first-order valence-electron chi connectivity index (χ1n) is 6.98. The molecule has 1 unspecified atom stereocenters. The van der Waals surface area contributed by atoms with Gasteiger partial charge >= 0.3 is 6.03 Å². The normalized spacial score (nSPS) is 12.2. The van der Waals surface area contributed by atoms with Crippen LogP contribution in [-0.4, -0.2) is 27.5 Å². The molecule has 0 saturated heterocycles. The zero-order chi connectivity index (χ0) is 16.1. The molecule has 1 aromatic carbocycles. The number of hydrogen-bond donors (Lipinski definition) is 3. The predicted molar refractivity (Wildman–Crippen MR) is 86.0 cm³/mol. The van der Waals surface area contributed by atoms with Gasteiger partial charge in [-0.3, -0.25) is 5.32 Å². The van der Waals surface area contributed by atoms with E-state index < -0.39 is 12.1 Å². The highest BCUT2D eigenvalue weighted by molar-refractivity contribution is 6.30. The molecule has 2 rings (SSSR count). The molecule has 0 aliphatic rings. The van der Waals surface area contributed by atoms with Crippen LogP contribution in [0.5, 0.6) is 0 Å². The Labute approximate surface area is 134 Å². The van der Waals surface area contributed by atoms with Crippen LogP contribution in [0.25, 0.3) is 0 Å². The summed E-state index contributed by atoms with van der Waals surface area (Å²) in [5, 5.41) is 19.7. The molecule has 7 heteroatoms. The van der Waals surface area contributed by atoms with Crippen LogP contribution in [0.15, 0.2) is 36.5 Å². The number of anilines is 1. The lowest BCUT2D eigenvalue weighted by Gasteiger charge is -2.18. The second-order valence-corrected chi connectivity index (χ2v) is 5.58. The van der Waals surface area contributed by atoms with Crippen LogP contribution in [0.1, 0.15) is 31.5 Å². The van der Waals surface area contributed by atoms with E-state index in [0.717, 1.165) is 5.56 Å². The van der Waals surface area contributed by atoms with Gasteiger partial charge in [0.05, 0.1) is 18.8 Å². The van der Waals surface area contributed by atoms with Gasteiger partial charge in [0.2, 0.25) is 0 Å². The maximum absolute atomic E-state index is 12.1. The van der Waals surface area contributed by atoms with Crippen molar-refractivity contribution in [2.45, 2.75) is 25.9 Å². The minimum absolute atomic E-state index is 0.134. The minimum atomic E-state index is -0.507. The highest BCUT2D eigenvalue weighted by Gasteiger charge is 2.15. The van der Waals surface area contributed by atoms with E-state index >= 15 is 0 Å². The summed E-state index contributed by atoms with van der Waals surface area (Å²) in [4.78, 5) is 12.1. The number of nitrogens with zero attached hydrogens (tertiary/aromatic N) is 2. The van der Waals surface area contributed by atoms with E-state index in [-0.39, 0.29) is 12.6 Å². The molecule has 0 aliphatic heterocycles. The van der Waals surface area contributed by atoms with Gasteiger partial charge in [0.1, 0.15) is 5.82 Å². The first-order chi connectivity index (χ1) is 10.5. The Hall–Kier alpha value is -2.05. The van der Waals surface area contributed by atoms with Crippen molar-refractivity contribution in [1.29, 1.82) is 0 Å². The predicted octanol–water partition coefficient (Wildman–Crippen LogP) is 2.97. The lowest BCUT2D eigenvalue weighted by molar-refractivity contribution is 0.225. The quantitative estimate of drug-likeness (QED) is 0.791. The number of carbonyl (C=O) groups is 1. The number of aromatic nitrogens is 2. The van der Waals surface area contributed by atoms with Gasteiger partial charge in [-0.2, -0.15) is 5.10 Å². The van der Waals surface area contributed by atoms with Crippen LogP contribution in [-0.2, 0) is 0 Å². The summed E-state index contributed by atoms with van der Waals surface area (Å²) in [5.41, 5.74) is 0.777. The smallest absolute Gasteiger partial charge is 0.320 e. The fourth-order valence-corrected chi connectivity index (χ4v) is 2.19. The second-order valence-electron chi connectivity index (χ2n) is 5.14. The second kappa shape index (κ2) is 7.29. The number of aliphatic hydroxyl groups excluding tert-OH is 1. The molecule has 0 spiro atoms. The summed E-state index contributed by atoms with van der Waals surface area (Å²) in [5.74, 6) is 0.597. The van der Waals surface area contributed by atoms with Crippen molar-refractivity contribution in [3.05, 3.63) is 47.1 Å². The Balaban J connectivity index is 2.03. The van der Waals surface area contributed by atoms with E-state index in [9.17, 15) is 9.90 Å². The van der Waals surface area contributed by atoms with E-state index in [1.807, 2.05) is 13.8 Å². The van der Waals surface area contributed by atoms with E-state index in [1.54, 1.807) is 41.2 Å². The van der Waals surface area contributed by atoms with Crippen LogP contribution in [0, 0.1) is 0 Å². The molecular weight excluding hydrogens is 304 g/mol. The van der Waals surface area contributed by atoms with Crippen LogP contribution in [0.3, 0.4) is 0 Å². The van der Waals surface area contributed by atoms with Crippen LogP contribution < -0.4 is 10.6 Å². The summed E-state index contributed by atoms with van der Waals surface area (Å²) in [6, 6.07) is 7.90. The van der Waals surface area contributed by atoms with Gasteiger partial charge in [0.15, 0.2) is 0 Å². The number of aliphatic hydroxyl groups is 1. The Morgan fingerprint density at radius 1 is 1.32 bits per heavy atom. The lowest BCUT2D eigenvalue weighted by atomic mass is 10.1. The SMILES string of the molecule is CC(C)n1nccc1NC(=O)NC(CO)c1ccc(Cl)cc1. The third-order valence-corrected chi connectivity index (χ3v) is 3.41. The molecule has 3 N–H and O–H groups in total. The van der Waals surface area contributed by atoms with Crippen molar-refractivity contribution >= 4 is 23.4 Å². The largest absolute Gasteiger partial charge is 0.394 e. The first kappa shape index (κ1) is 16.3. The maximum atomic E-state index is 12.1. The van der Waals surface area contributed by atoms with Gasteiger partial charge in [0.25, 0.3) is 0 Å². The third kappa shape index (κ3) is 3.99. The van der Waals surface area contributed by atoms with Gasteiger partial charge in [-0.25, -0.2) is 9.48 Å². The molecule has 118 valence electrons. The van der Waals surface area contributed by atoms with Crippen molar-refractivity contribution in [3.8, 4) is 0 Å². The Morgan fingerprint density at radius 2 is 2.00 bits per heavy atom. The Kier molecular flexibility index (Phi) is 5.41. The third-order valence-electron chi connectivity index (χ3n) is 3.16. The minimum Gasteiger partial charge on any atom is -0.394 e. The molecule has 1 aromatic heterocycles. The van der Waals surface area contributed by atoms with Crippen molar-refractivity contribution < 1.29 is 9.90 Å². The molecule has 6 nitrogen and oxygen atoms in total.